The number of nitrogens with one attached hydrogen (secondary N) is 1. The monoisotopic (exact) mass is 273 g/mol. The minimum Gasteiger partial charge on any atom is -0.329 e. The maximum Gasteiger partial charge on any atom is 0.390 e. The lowest BCUT2D eigenvalue weighted by atomic mass is 10.5. The van der Waals surface area contributed by atoms with Crippen LogP contribution in [0.5, 0.6) is 0 Å². The van der Waals surface area contributed by atoms with Crippen LogP contribution in [-0.4, -0.2) is 29.9 Å². The van der Waals surface area contributed by atoms with E-state index in [0.29, 0.717) is 0 Å². The van der Waals surface area contributed by atoms with Gasteiger partial charge in [-0.15, -0.1) is 0 Å². The zero-order valence-corrected chi connectivity index (χ0v) is 9.25. The molecule has 1 aromatic heterocycles. The molecule has 17 heavy (non-hydrogen) atoms. The highest BCUT2D eigenvalue weighted by atomic mass is 32.2. The molecule has 0 aromatic carbocycles. The van der Waals surface area contributed by atoms with Crippen molar-refractivity contribution in [3.63, 3.8) is 0 Å². The third kappa shape index (κ3) is 12.6. The van der Waals surface area contributed by atoms with Gasteiger partial charge in [-0.2, -0.15) is 21.6 Å². The first-order valence-corrected chi connectivity index (χ1v) is 5.87. The summed E-state index contributed by atoms with van der Waals surface area (Å²) in [4.78, 5) is 12.7. The summed E-state index contributed by atoms with van der Waals surface area (Å²) in [6.07, 6.45) is -4.44. The molecule has 0 aliphatic heterocycles. The van der Waals surface area contributed by atoms with Crippen LogP contribution in [0.15, 0.2) is 29.2 Å². The zero-order valence-electron chi connectivity index (χ0n) is 8.44. The van der Waals surface area contributed by atoms with Gasteiger partial charge >= 0.3 is 6.18 Å². The molecule has 0 unspecified atom stereocenters. The van der Waals surface area contributed by atoms with Crippen LogP contribution in [-0.2, 0) is 10.1 Å². The number of hydrogen-bond acceptors (Lipinski definition) is 3. The van der Waals surface area contributed by atoms with Crippen LogP contribution < -0.4 is 5.56 Å². The second-order valence-electron chi connectivity index (χ2n) is 2.88. The molecule has 0 fully saturated rings. The van der Waals surface area contributed by atoms with Crippen molar-refractivity contribution >= 4 is 10.1 Å². The van der Waals surface area contributed by atoms with E-state index >= 15 is 0 Å². The third-order valence-electron chi connectivity index (χ3n) is 1.32. The Morgan fingerprint density at radius 3 is 2.06 bits per heavy atom. The van der Waals surface area contributed by atoms with E-state index in [-0.39, 0.29) is 5.56 Å². The highest BCUT2D eigenvalue weighted by molar-refractivity contribution is 7.85. The van der Waals surface area contributed by atoms with Crippen LogP contribution in [0.25, 0.3) is 0 Å². The molecule has 1 aromatic rings. The van der Waals surface area contributed by atoms with E-state index in [9.17, 15) is 26.4 Å². The van der Waals surface area contributed by atoms with Gasteiger partial charge in [-0.25, -0.2) is 0 Å². The van der Waals surface area contributed by atoms with Crippen molar-refractivity contribution < 1.29 is 26.1 Å². The molecule has 0 saturated carbocycles. The number of halogens is 3. The van der Waals surface area contributed by atoms with E-state index in [1.807, 2.05) is 0 Å². The molecule has 0 aliphatic carbocycles. The standard InChI is InChI=1S/C5H5NO.C3H5F3O3S/c7-5-3-1-2-4-6-5;4-3(5,6)1-2-10(7,8)9/h1-4H,(H,6,7);1-2H2,(H,7,8,9). The molecule has 5 nitrogen and oxygen atoms in total. The molecular formula is C8H10F3NO4S. The van der Waals surface area contributed by atoms with E-state index in [1.165, 1.54) is 6.07 Å². The fourth-order valence-electron chi connectivity index (χ4n) is 0.622. The number of aromatic amines is 1. The smallest absolute Gasteiger partial charge is 0.329 e. The predicted molar refractivity (Wildman–Crippen MR) is 54.2 cm³/mol. The van der Waals surface area contributed by atoms with Crippen molar-refractivity contribution in [3.8, 4) is 0 Å². The molecule has 0 radical (unpaired) electrons. The fourth-order valence-corrected chi connectivity index (χ4v) is 1.11. The van der Waals surface area contributed by atoms with Gasteiger partial charge in [0.25, 0.3) is 10.1 Å². The lowest BCUT2D eigenvalue weighted by molar-refractivity contribution is -0.130. The van der Waals surface area contributed by atoms with Crippen LogP contribution in [0.1, 0.15) is 6.42 Å². The van der Waals surface area contributed by atoms with Crippen LogP contribution in [0.3, 0.4) is 0 Å². The Balaban J connectivity index is 0.000000318. The Kier molecular flexibility index (Phi) is 5.89. The summed E-state index contributed by atoms with van der Waals surface area (Å²) in [6, 6.07) is 4.93. The fraction of sp³-hybridized carbons (Fsp3) is 0.375. The molecule has 1 rings (SSSR count). The van der Waals surface area contributed by atoms with Crippen LogP contribution >= 0.6 is 0 Å². The minimum atomic E-state index is -4.53. The molecule has 0 bridgehead atoms. The van der Waals surface area contributed by atoms with Crippen molar-refractivity contribution in [2.75, 3.05) is 5.75 Å². The zero-order chi connectivity index (χ0) is 13.5. The first kappa shape index (κ1) is 15.7. The van der Waals surface area contributed by atoms with Gasteiger partial charge in [-0.3, -0.25) is 9.35 Å². The van der Waals surface area contributed by atoms with Gasteiger partial charge in [0.2, 0.25) is 5.56 Å². The summed E-state index contributed by atoms with van der Waals surface area (Å²) in [5, 5.41) is 0. The molecule has 1 heterocycles. The second-order valence-corrected chi connectivity index (χ2v) is 4.45. The van der Waals surface area contributed by atoms with Crippen molar-refractivity contribution in [2.45, 2.75) is 12.6 Å². The maximum absolute atomic E-state index is 11.2. The maximum atomic E-state index is 11.2. The molecule has 9 heteroatoms. The summed E-state index contributed by atoms with van der Waals surface area (Å²) in [7, 11) is -4.48. The van der Waals surface area contributed by atoms with Gasteiger partial charge in [-0.05, 0) is 6.07 Å². The summed E-state index contributed by atoms with van der Waals surface area (Å²) in [5.74, 6) is -1.27. The number of aromatic nitrogens is 1. The molecular weight excluding hydrogens is 263 g/mol. The van der Waals surface area contributed by atoms with Crippen molar-refractivity contribution in [1.29, 1.82) is 0 Å². The van der Waals surface area contributed by atoms with E-state index in [4.69, 9.17) is 4.55 Å². The average Bonchev–Trinajstić information content (AvgIpc) is 2.15. The summed E-state index contributed by atoms with van der Waals surface area (Å²) >= 11 is 0. The van der Waals surface area contributed by atoms with Gasteiger partial charge in [0.05, 0.1) is 12.2 Å². The van der Waals surface area contributed by atoms with Crippen LogP contribution in [0.2, 0.25) is 0 Å². The number of H-pyrrole nitrogens is 1. The number of hydrogen-bond donors (Lipinski definition) is 2. The molecule has 0 saturated heterocycles. The molecule has 0 aliphatic rings. The average molecular weight is 273 g/mol. The Hall–Kier alpha value is -1.35. The minimum absolute atomic E-state index is 0.0532. The molecule has 0 amide bonds. The SMILES string of the molecule is O=S(=O)(O)CCC(F)(F)F.O=c1cccc[nH]1. The van der Waals surface area contributed by atoms with Crippen molar-refractivity contribution in [2.24, 2.45) is 0 Å². The lowest BCUT2D eigenvalue weighted by Crippen LogP contribution is -2.15. The quantitative estimate of drug-likeness (QED) is 0.793. The van der Waals surface area contributed by atoms with E-state index < -0.39 is 28.5 Å². The Morgan fingerprint density at radius 2 is 1.88 bits per heavy atom. The first-order chi connectivity index (χ1) is 7.60. The lowest BCUT2D eigenvalue weighted by Gasteiger charge is -2.02. The van der Waals surface area contributed by atoms with Crippen LogP contribution in [0, 0.1) is 0 Å². The third-order valence-corrected chi connectivity index (χ3v) is 2.04. The normalized spacial score (nSPS) is 11.5. The van der Waals surface area contributed by atoms with Crippen molar-refractivity contribution in [1.82, 2.24) is 4.98 Å². The largest absolute Gasteiger partial charge is 0.390 e. The Bertz CT molecular complexity index is 463. The molecule has 0 spiro atoms. The van der Waals surface area contributed by atoms with E-state index in [0.717, 1.165) is 0 Å². The van der Waals surface area contributed by atoms with Crippen molar-refractivity contribution in [3.05, 3.63) is 34.7 Å². The highest BCUT2D eigenvalue weighted by Gasteiger charge is 2.29. The molecule has 98 valence electrons. The van der Waals surface area contributed by atoms with Gasteiger partial charge in [-0.1, -0.05) is 6.07 Å². The van der Waals surface area contributed by atoms with Gasteiger partial charge < -0.3 is 4.98 Å². The predicted octanol–water partition coefficient (Wildman–Crippen LogP) is 1.20. The van der Waals surface area contributed by atoms with E-state index in [1.54, 1.807) is 18.3 Å². The van der Waals surface area contributed by atoms with Gasteiger partial charge in [0.1, 0.15) is 0 Å². The Morgan fingerprint density at radius 1 is 1.29 bits per heavy atom. The first-order valence-electron chi connectivity index (χ1n) is 4.26. The molecule has 2 N–H and O–H groups in total. The highest BCUT2D eigenvalue weighted by Crippen LogP contribution is 2.19. The van der Waals surface area contributed by atoms with E-state index in [2.05, 4.69) is 4.98 Å². The van der Waals surface area contributed by atoms with Gasteiger partial charge in [0.15, 0.2) is 0 Å². The number of rotatable bonds is 2. The molecule has 0 atom stereocenters. The number of pyridine rings is 1. The topological polar surface area (TPSA) is 87.2 Å². The Labute approximate surface area is 95.0 Å². The summed E-state index contributed by atoms with van der Waals surface area (Å²) < 4.78 is 61.0. The second kappa shape index (κ2) is 6.40. The summed E-state index contributed by atoms with van der Waals surface area (Å²) in [6.45, 7) is 0. The van der Waals surface area contributed by atoms with Gasteiger partial charge in [0, 0.05) is 12.3 Å². The number of alkyl halides is 3. The summed E-state index contributed by atoms with van der Waals surface area (Å²) in [5.41, 5.74) is -0.0532. The van der Waals surface area contributed by atoms with Crippen LogP contribution in [0.4, 0.5) is 13.2 Å².